The van der Waals surface area contributed by atoms with E-state index in [2.05, 4.69) is 22.5 Å². The van der Waals surface area contributed by atoms with Gasteiger partial charge in [0.2, 0.25) is 0 Å². The van der Waals surface area contributed by atoms with E-state index in [1.165, 1.54) is 12.8 Å². The van der Waals surface area contributed by atoms with Crippen LogP contribution in [0.2, 0.25) is 0 Å². The van der Waals surface area contributed by atoms with E-state index < -0.39 is 5.97 Å². The number of urea groups is 1. The molecular weight excluding hydrogens is 290 g/mol. The fourth-order valence-electron chi connectivity index (χ4n) is 2.20. The summed E-state index contributed by atoms with van der Waals surface area (Å²) >= 11 is 1.10. The molecule has 2 amide bonds. The summed E-state index contributed by atoms with van der Waals surface area (Å²) in [4.78, 5) is 27.2. The predicted molar refractivity (Wildman–Crippen MR) is 80.6 cm³/mol. The number of nitrogens with zero attached hydrogens (tertiary/aromatic N) is 1. The summed E-state index contributed by atoms with van der Waals surface area (Å²) in [5.74, 6) is -0.203. The van der Waals surface area contributed by atoms with Crippen molar-refractivity contribution in [1.82, 2.24) is 15.6 Å². The molecule has 0 bridgehead atoms. The van der Waals surface area contributed by atoms with Crippen LogP contribution in [0, 0.1) is 12.8 Å². The highest BCUT2D eigenvalue weighted by Crippen LogP contribution is 2.33. The number of carbonyl (C=O) groups excluding carboxylic acids is 1. The number of thiazole rings is 1. The van der Waals surface area contributed by atoms with Gasteiger partial charge in [0.25, 0.3) is 0 Å². The monoisotopic (exact) mass is 311 g/mol. The van der Waals surface area contributed by atoms with Crippen molar-refractivity contribution in [3.8, 4) is 0 Å². The lowest BCUT2D eigenvalue weighted by Gasteiger charge is -2.16. The number of aryl methyl sites for hydroxylation is 1. The number of hydrogen-bond acceptors (Lipinski definition) is 4. The number of carboxylic acids is 1. The van der Waals surface area contributed by atoms with E-state index in [1.54, 1.807) is 6.92 Å². The maximum absolute atomic E-state index is 11.9. The SMILES string of the molecule is CCC(CC1CC1)NC(=O)NCc1nc(C)c(C(=O)O)s1. The third-order valence-corrected chi connectivity index (χ3v) is 4.72. The van der Waals surface area contributed by atoms with Crippen molar-refractivity contribution in [2.75, 3.05) is 0 Å². The third kappa shape index (κ3) is 4.70. The Hall–Kier alpha value is -1.63. The molecule has 0 aliphatic heterocycles. The summed E-state index contributed by atoms with van der Waals surface area (Å²) in [6.07, 6.45) is 4.51. The number of amides is 2. The van der Waals surface area contributed by atoms with E-state index in [0.717, 1.165) is 30.1 Å². The zero-order chi connectivity index (χ0) is 15.4. The first-order valence-electron chi connectivity index (χ1n) is 7.23. The lowest BCUT2D eigenvalue weighted by molar-refractivity contribution is 0.0701. The summed E-state index contributed by atoms with van der Waals surface area (Å²) in [6, 6.07) is -0.00246. The Kier molecular flexibility index (Phi) is 5.17. The van der Waals surface area contributed by atoms with Gasteiger partial charge in [0, 0.05) is 6.04 Å². The zero-order valence-electron chi connectivity index (χ0n) is 12.3. The van der Waals surface area contributed by atoms with Gasteiger partial charge >= 0.3 is 12.0 Å². The summed E-state index contributed by atoms with van der Waals surface area (Å²) in [6.45, 7) is 3.98. The molecule has 2 rings (SSSR count). The van der Waals surface area contributed by atoms with Crippen LogP contribution >= 0.6 is 11.3 Å². The number of aromatic carboxylic acids is 1. The molecule has 6 nitrogen and oxygen atoms in total. The van der Waals surface area contributed by atoms with E-state index in [-0.39, 0.29) is 23.5 Å². The standard InChI is InChI=1S/C14H21N3O3S/c1-3-10(6-9-4-5-9)17-14(20)15-7-11-16-8(2)12(21-11)13(18)19/h9-10H,3-7H2,1-2H3,(H,18,19)(H2,15,17,20). The first kappa shape index (κ1) is 15.8. The van der Waals surface area contributed by atoms with E-state index in [0.29, 0.717) is 10.7 Å². The van der Waals surface area contributed by atoms with E-state index in [4.69, 9.17) is 5.11 Å². The molecule has 1 aliphatic carbocycles. The summed E-state index contributed by atoms with van der Waals surface area (Å²) in [7, 11) is 0. The molecule has 116 valence electrons. The van der Waals surface area contributed by atoms with Crippen LogP contribution in [-0.4, -0.2) is 28.1 Å². The second-order valence-electron chi connectivity index (χ2n) is 5.44. The molecule has 1 aromatic rings. The van der Waals surface area contributed by atoms with Crippen LogP contribution in [-0.2, 0) is 6.54 Å². The van der Waals surface area contributed by atoms with Gasteiger partial charge < -0.3 is 15.7 Å². The summed E-state index contributed by atoms with van der Waals surface area (Å²) in [5, 5.41) is 15.3. The Labute approximate surface area is 128 Å². The van der Waals surface area contributed by atoms with Crippen LogP contribution in [0.3, 0.4) is 0 Å². The summed E-state index contributed by atoms with van der Waals surface area (Å²) < 4.78 is 0. The lowest BCUT2D eigenvalue weighted by Crippen LogP contribution is -2.41. The average molecular weight is 311 g/mol. The van der Waals surface area contributed by atoms with Crippen molar-refractivity contribution in [3.05, 3.63) is 15.6 Å². The van der Waals surface area contributed by atoms with Crippen molar-refractivity contribution in [1.29, 1.82) is 0 Å². The Morgan fingerprint density at radius 3 is 2.71 bits per heavy atom. The van der Waals surface area contributed by atoms with Crippen LogP contribution in [0.25, 0.3) is 0 Å². The highest BCUT2D eigenvalue weighted by Gasteiger charge is 2.25. The largest absolute Gasteiger partial charge is 0.477 e. The highest BCUT2D eigenvalue weighted by molar-refractivity contribution is 7.13. The van der Waals surface area contributed by atoms with Gasteiger partial charge in [-0.25, -0.2) is 14.6 Å². The first-order chi connectivity index (χ1) is 9.99. The van der Waals surface area contributed by atoms with Crippen molar-refractivity contribution in [2.24, 2.45) is 5.92 Å². The molecule has 1 unspecified atom stereocenters. The number of carbonyl (C=O) groups is 2. The van der Waals surface area contributed by atoms with Gasteiger partial charge in [-0.1, -0.05) is 19.8 Å². The quantitative estimate of drug-likeness (QED) is 0.721. The predicted octanol–water partition coefficient (Wildman–Crippen LogP) is 2.53. The van der Waals surface area contributed by atoms with Crippen LogP contribution in [0.15, 0.2) is 0 Å². The van der Waals surface area contributed by atoms with E-state index >= 15 is 0 Å². The van der Waals surface area contributed by atoms with Gasteiger partial charge in [-0.15, -0.1) is 11.3 Å². The Morgan fingerprint density at radius 2 is 2.19 bits per heavy atom. The Bertz CT molecular complexity index is 526. The molecule has 1 aliphatic rings. The lowest BCUT2D eigenvalue weighted by atomic mass is 10.1. The van der Waals surface area contributed by atoms with Crippen molar-refractivity contribution in [2.45, 2.75) is 52.1 Å². The zero-order valence-corrected chi connectivity index (χ0v) is 13.1. The molecule has 1 fully saturated rings. The number of carboxylic acid groups (broad SMARTS) is 1. The topological polar surface area (TPSA) is 91.3 Å². The second-order valence-corrected chi connectivity index (χ2v) is 6.52. The van der Waals surface area contributed by atoms with Crippen molar-refractivity contribution in [3.63, 3.8) is 0 Å². The fraction of sp³-hybridized carbons (Fsp3) is 0.643. The van der Waals surface area contributed by atoms with Crippen LogP contribution in [0.1, 0.15) is 53.0 Å². The molecule has 21 heavy (non-hydrogen) atoms. The fourth-order valence-corrected chi connectivity index (χ4v) is 3.05. The van der Waals surface area contributed by atoms with Crippen LogP contribution < -0.4 is 10.6 Å². The minimum absolute atomic E-state index is 0.213. The molecule has 0 saturated heterocycles. The van der Waals surface area contributed by atoms with Crippen LogP contribution in [0.5, 0.6) is 0 Å². The van der Waals surface area contributed by atoms with Gasteiger partial charge in [-0.3, -0.25) is 0 Å². The molecule has 1 aromatic heterocycles. The molecule has 1 saturated carbocycles. The minimum Gasteiger partial charge on any atom is -0.477 e. The van der Waals surface area contributed by atoms with Gasteiger partial charge in [0.15, 0.2) is 0 Å². The Morgan fingerprint density at radius 1 is 1.48 bits per heavy atom. The van der Waals surface area contributed by atoms with Gasteiger partial charge in [-0.2, -0.15) is 0 Å². The minimum atomic E-state index is -0.976. The molecular formula is C14H21N3O3S. The molecule has 0 aromatic carbocycles. The molecule has 0 spiro atoms. The molecule has 3 N–H and O–H groups in total. The number of nitrogens with one attached hydrogen (secondary N) is 2. The smallest absolute Gasteiger partial charge is 0.347 e. The highest BCUT2D eigenvalue weighted by atomic mass is 32.1. The average Bonchev–Trinajstić information content (AvgIpc) is 3.16. The summed E-state index contributed by atoms with van der Waals surface area (Å²) in [5.41, 5.74) is 0.491. The number of rotatable bonds is 7. The Balaban J connectivity index is 1.79. The van der Waals surface area contributed by atoms with Crippen molar-refractivity contribution >= 4 is 23.3 Å². The third-order valence-electron chi connectivity index (χ3n) is 3.58. The van der Waals surface area contributed by atoms with E-state index in [1.807, 2.05) is 0 Å². The van der Waals surface area contributed by atoms with Gasteiger partial charge in [0.05, 0.1) is 12.2 Å². The molecule has 7 heteroatoms. The normalized spacial score (nSPS) is 15.5. The molecule has 0 radical (unpaired) electrons. The van der Waals surface area contributed by atoms with Crippen LogP contribution in [0.4, 0.5) is 4.79 Å². The van der Waals surface area contributed by atoms with E-state index in [9.17, 15) is 9.59 Å². The number of aromatic nitrogens is 1. The van der Waals surface area contributed by atoms with Gasteiger partial charge in [0.1, 0.15) is 9.88 Å². The number of hydrogen-bond donors (Lipinski definition) is 3. The first-order valence-corrected chi connectivity index (χ1v) is 8.05. The second kappa shape index (κ2) is 6.89. The van der Waals surface area contributed by atoms with Crippen molar-refractivity contribution < 1.29 is 14.7 Å². The molecule has 1 atom stereocenters. The maximum Gasteiger partial charge on any atom is 0.347 e. The van der Waals surface area contributed by atoms with Gasteiger partial charge in [-0.05, 0) is 25.7 Å². The molecule has 1 heterocycles. The maximum atomic E-state index is 11.9.